The first-order chi connectivity index (χ1) is 24.3. The highest BCUT2D eigenvalue weighted by atomic mass is 16.3. The average molecular weight is 626 g/mol. The van der Waals surface area contributed by atoms with Crippen LogP contribution in [0.15, 0.2) is 168 Å². The first kappa shape index (κ1) is 27.5. The van der Waals surface area contributed by atoms with Crippen molar-refractivity contribution in [3.63, 3.8) is 0 Å². The molecule has 10 rings (SSSR count). The lowest BCUT2D eigenvalue weighted by molar-refractivity contribution is 0.669. The molecule has 0 amide bonds. The maximum Gasteiger partial charge on any atom is 0.164 e. The van der Waals surface area contributed by atoms with Crippen LogP contribution in [0.1, 0.15) is 0 Å². The van der Waals surface area contributed by atoms with Crippen molar-refractivity contribution in [1.29, 1.82) is 0 Å². The third-order valence-electron chi connectivity index (χ3n) is 9.51. The van der Waals surface area contributed by atoms with E-state index in [9.17, 15) is 0 Å². The number of furan rings is 1. The molecule has 0 aliphatic carbocycles. The summed E-state index contributed by atoms with van der Waals surface area (Å²) in [6.45, 7) is 0. The molecule has 0 saturated carbocycles. The molecule has 0 spiro atoms. The largest absolute Gasteiger partial charge is 0.456 e. The van der Waals surface area contributed by atoms with E-state index in [0.29, 0.717) is 17.5 Å². The second-order valence-corrected chi connectivity index (χ2v) is 12.4. The summed E-state index contributed by atoms with van der Waals surface area (Å²) < 4.78 is 6.43. The fourth-order valence-corrected chi connectivity index (χ4v) is 7.12. The van der Waals surface area contributed by atoms with Crippen molar-refractivity contribution in [2.24, 2.45) is 0 Å². The molecule has 2 heterocycles. The molecule has 0 N–H and O–H groups in total. The Labute approximate surface area is 282 Å². The molecule has 228 valence electrons. The van der Waals surface area contributed by atoms with E-state index >= 15 is 0 Å². The monoisotopic (exact) mass is 625 g/mol. The zero-order valence-corrected chi connectivity index (χ0v) is 26.3. The van der Waals surface area contributed by atoms with Crippen LogP contribution in [0.4, 0.5) is 0 Å². The van der Waals surface area contributed by atoms with Gasteiger partial charge in [-0.25, -0.2) is 15.0 Å². The zero-order chi connectivity index (χ0) is 32.3. The van der Waals surface area contributed by atoms with Gasteiger partial charge in [0.1, 0.15) is 11.2 Å². The third kappa shape index (κ3) is 4.57. The van der Waals surface area contributed by atoms with Crippen LogP contribution >= 0.6 is 0 Å². The van der Waals surface area contributed by atoms with E-state index in [1.165, 1.54) is 32.3 Å². The van der Waals surface area contributed by atoms with Crippen LogP contribution in [-0.4, -0.2) is 15.0 Å². The molecule has 0 aliphatic rings. The molecule has 0 saturated heterocycles. The Bertz CT molecular complexity index is 2820. The van der Waals surface area contributed by atoms with Crippen molar-refractivity contribution in [2.45, 2.75) is 0 Å². The van der Waals surface area contributed by atoms with Gasteiger partial charge in [0.2, 0.25) is 0 Å². The molecular formula is C45H27N3O. The second kappa shape index (κ2) is 11.0. The summed E-state index contributed by atoms with van der Waals surface area (Å²) in [5.74, 6) is 1.87. The van der Waals surface area contributed by atoms with Gasteiger partial charge in [-0.05, 0) is 67.7 Å². The Balaban J connectivity index is 1.17. The lowest BCUT2D eigenvalue weighted by atomic mass is 9.94. The minimum atomic E-state index is 0.607. The normalized spacial score (nSPS) is 11.7. The smallest absolute Gasteiger partial charge is 0.164 e. The van der Waals surface area contributed by atoms with Crippen molar-refractivity contribution in [1.82, 2.24) is 15.0 Å². The fourth-order valence-electron chi connectivity index (χ4n) is 7.12. The summed E-state index contributed by atoms with van der Waals surface area (Å²) in [6, 6.07) is 57.0. The van der Waals surface area contributed by atoms with Crippen LogP contribution in [0.5, 0.6) is 0 Å². The summed E-state index contributed by atoms with van der Waals surface area (Å²) in [5, 5.41) is 9.53. The van der Waals surface area contributed by atoms with Gasteiger partial charge in [0.25, 0.3) is 0 Å². The molecule has 0 atom stereocenters. The molecule has 0 aliphatic heterocycles. The summed E-state index contributed by atoms with van der Waals surface area (Å²) in [7, 11) is 0. The molecular weight excluding hydrogens is 599 g/mol. The first-order valence-corrected chi connectivity index (χ1v) is 16.4. The van der Waals surface area contributed by atoms with E-state index in [4.69, 9.17) is 19.4 Å². The Hall–Kier alpha value is -6.65. The maximum atomic E-state index is 6.43. The minimum absolute atomic E-state index is 0.607. The van der Waals surface area contributed by atoms with Gasteiger partial charge < -0.3 is 4.42 Å². The zero-order valence-electron chi connectivity index (χ0n) is 26.3. The van der Waals surface area contributed by atoms with Gasteiger partial charge in [-0.1, -0.05) is 140 Å². The van der Waals surface area contributed by atoms with E-state index < -0.39 is 0 Å². The SMILES string of the molecule is c1ccc(-c2nc(-c3ccccc3)nc(-c3cccc4oc5ccc(-c6ccc7ccc8c9ccccc9ccc8c7c6)cc5c34)n2)cc1. The molecule has 0 radical (unpaired) electrons. The van der Waals surface area contributed by atoms with E-state index in [2.05, 4.69) is 91.0 Å². The number of fused-ring (bicyclic) bond motifs is 8. The number of hydrogen-bond donors (Lipinski definition) is 0. The summed E-state index contributed by atoms with van der Waals surface area (Å²) in [5.41, 5.74) is 6.67. The predicted octanol–water partition coefficient (Wildman–Crippen LogP) is 11.9. The molecule has 10 aromatic rings. The van der Waals surface area contributed by atoms with E-state index in [1.54, 1.807) is 0 Å². The Morgan fingerprint density at radius 2 is 0.898 bits per heavy atom. The van der Waals surface area contributed by atoms with Crippen molar-refractivity contribution in [2.75, 3.05) is 0 Å². The molecule has 0 unspecified atom stereocenters. The van der Waals surface area contributed by atoms with Gasteiger partial charge in [0, 0.05) is 27.5 Å². The molecule has 0 fully saturated rings. The Morgan fingerprint density at radius 3 is 1.63 bits per heavy atom. The van der Waals surface area contributed by atoms with Crippen LogP contribution < -0.4 is 0 Å². The number of nitrogens with zero attached hydrogens (tertiary/aromatic N) is 3. The van der Waals surface area contributed by atoms with Crippen molar-refractivity contribution < 1.29 is 4.42 Å². The van der Waals surface area contributed by atoms with Crippen molar-refractivity contribution >= 4 is 54.3 Å². The number of aromatic nitrogens is 3. The fraction of sp³-hybridized carbons (Fsp3) is 0. The van der Waals surface area contributed by atoms with Gasteiger partial charge in [-0.15, -0.1) is 0 Å². The highest BCUT2D eigenvalue weighted by molar-refractivity contribution is 6.18. The predicted molar refractivity (Wildman–Crippen MR) is 201 cm³/mol. The molecule has 0 bridgehead atoms. The molecule has 4 heteroatoms. The molecule has 4 nitrogen and oxygen atoms in total. The molecule has 2 aromatic heterocycles. The number of hydrogen-bond acceptors (Lipinski definition) is 4. The quantitative estimate of drug-likeness (QED) is 0.183. The number of rotatable bonds is 4. The highest BCUT2D eigenvalue weighted by Crippen LogP contribution is 2.39. The van der Waals surface area contributed by atoms with Gasteiger partial charge in [0.05, 0.1) is 0 Å². The van der Waals surface area contributed by atoms with Crippen LogP contribution in [0.25, 0.3) is 99.5 Å². The van der Waals surface area contributed by atoms with Crippen LogP contribution in [0, 0.1) is 0 Å². The first-order valence-electron chi connectivity index (χ1n) is 16.4. The topological polar surface area (TPSA) is 51.8 Å². The summed E-state index contributed by atoms with van der Waals surface area (Å²) in [6.07, 6.45) is 0. The van der Waals surface area contributed by atoms with Crippen molar-refractivity contribution in [3.05, 3.63) is 164 Å². The second-order valence-electron chi connectivity index (χ2n) is 12.4. The van der Waals surface area contributed by atoms with Crippen LogP contribution in [0.3, 0.4) is 0 Å². The summed E-state index contributed by atoms with van der Waals surface area (Å²) >= 11 is 0. The van der Waals surface area contributed by atoms with Gasteiger partial charge in [-0.2, -0.15) is 0 Å². The van der Waals surface area contributed by atoms with Gasteiger partial charge in [-0.3, -0.25) is 0 Å². The lowest BCUT2D eigenvalue weighted by Crippen LogP contribution is -2.00. The van der Waals surface area contributed by atoms with Crippen molar-refractivity contribution in [3.8, 4) is 45.3 Å². The van der Waals surface area contributed by atoms with Crippen LogP contribution in [0.2, 0.25) is 0 Å². The van der Waals surface area contributed by atoms with E-state index in [1.807, 2.05) is 72.8 Å². The third-order valence-corrected chi connectivity index (χ3v) is 9.51. The highest BCUT2D eigenvalue weighted by Gasteiger charge is 2.18. The lowest BCUT2D eigenvalue weighted by Gasteiger charge is -2.10. The summed E-state index contributed by atoms with van der Waals surface area (Å²) in [4.78, 5) is 15.0. The van der Waals surface area contributed by atoms with E-state index in [-0.39, 0.29) is 0 Å². The number of benzene rings is 8. The van der Waals surface area contributed by atoms with Gasteiger partial charge in [0.15, 0.2) is 17.5 Å². The molecule has 49 heavy (non-hydrogen) atoms. The molecule has 8 aromatic carbocycles. The van der Waals surface area contributed by atoms with Crippen LogP contribution in [-0.2, 0) is 0 Å². The Kier molecular flexibility index (Phi) is 6.15. The van der Waals surface area contributed by atoms with E-state index in [0.717, 1.165) is 49.8 Å². The maximum absolute atomic E-state index is 6.43. The average Bonchev–Trinajstić information content (AvgIpc) is 3.56. The minimum Gasteiger partial charge on any atom is -0.456 e. The standard InChI is InChI=1S/C45H27N3O/c1-3-11-30(12-4-1)43-46-44(31-13-5-2-6-14-31)48-45(47-43)37-16-9-17-41-42(37)39-27-33(22-25-40(39)49-41)32-19-18-29-21-23-35-34-15-8-7-10-28(34)20-24-36(35)38(29)26-32/h1-27H. The van der Waals surface area contributed by atoms with Gasteiger partial charge >= 0.3 is 0 Å². The Morgan fingerprint density at radius 1 is 0.327 bits per heavy atom.